The zero-order chi connectivity index (χ0) is 30.9. The van der Waals surface area contributed by atoms with Gasteiger partial charge in [-0.2, -0.15) is 5.01 Å². The van der Waals surface area contributed by atoms with Gasteiger partial charge in [-0.25, -0.2) is 9.80 Å². The summed E-state index contributed by atoms with van der Waals surface area (Å²) in [6.45, 7) is 7.95. The monoisotopic (exact) mass is 598 g/mol. The van der Waals surface area contributed by atoms with Crippen LogP contribution < -0.4 is 18.9 Å². The summed E-state index contributed by atoms with van der Waals surface area (Å²) in [5, 5.41) is 2.49. The third-order valence-electron chi connectivity index (χ3n) is 6.03. The van der Waals surface area contributed by atoms with Crippen LogP contribution in [-0.2, 0) is 18.0 Å². The lowest BCUT2D eigenvalue weighted by molar-refractivity contribution is -0.0268. The number of carbonyl (C=O) groups excluding carboxylic acids is 2. The Morgan fingerprint density at radius 3 is 1.81 bits per heavy atom. The number of amides is 2. The van der Waals surface area contributed by atoms with E-state index in [1.54, 1.807) is 48.1 Å². The van der Waals surface area contributed by atoms with Gasteiger partial charge < -0.3 is 23.7 Å². The highest BCUT2D eigenvalue weighted by atomic mass is 35.5. The predicted octanol–water partition coefficient (Wildman–Crippen LogP) is 7.15. The SMILES string of the molecule is CCCN(C)N(C(=O)OC(C)(C)C)C(=O)c1ccc(OCc2ccc(OC)cc2)c(OCc2ccc(OC)cc2)c1Cl. The van der Waals surface area contributed by atoms with Crippen molar-refractivity contribution in [1.29, 1.82) is 0 Å². The van der Waals surface area contributed by atoms with Crippen molar-refractivity contribution < 1.29 is 33.3 Å². The van der Waals surface area contributed by atoms with Crippen LogP contribution in [0.25, 0.3) is 0 Å². The molecule has 0 fully saturated rings. The largest absolute Gasteiger partial charge is 0.497 e. The minimum absolute atomic E-state index is 0.0131. The highest BCUT2D eigenvalue weighted by molar-refractivity contribution is 6.35. The van der Waals surface area contributed by atoms with E-state index in [4.69, 9.17) is 35.3 Å². The van der Waals surface area contributed by atoms with Crippen LogP contribution in [0.5, 0.6) is 23.0 Å². The van der Waals surface area contributed by atoms with E-state index in [-0.39, 0.29) is 29.5 Å². The standard InChI is InChI=1S/C32H39ClN2O7/c1-8-19-34(5)35(31(37)42-32(2,3)4)30(36)26-17-18-27(40-20-22-9-13-24(38-6)14-10-22)29(28(26)33)41-21-23-11-15-25(39-7)16-12-23/h9-18H,8,19-21H2,1-7H3. The zero-order valence-corrected chi connectivity index (χ0v) is 26.0. The van der Waals surface area contributed by atoms with Crippen LogP contribution in [0.4, 0.5) is 4.79 Å². The van der Waals surface area contributed by atoms with Crippen molar-refractivity contribution in [2.24, 2.45) is 0 Å². The number of halogens is 1. The summed E-state index contributed by atoms with van der Waals surface area (Å²) in [7, 11) is 4.85. The van der Waals surface area contributed by atoms with Gasteiger partial charge in [0.15, 0.2) is 11.5 Å². The lowest BCUT2D eigenvalue weighted by atomic mass is 10.1. The average Bonchev–Trinajstić information content (AvgIpc) is 2.95. The molecule has 0 N–H and O–H groups in total. The highest BCUT2D eigenvalue weighted by Crippen LogP contribution is 2.39. The van der Waals surface area contributed by atoms with Crippen molar-refractivity contribution in [3.8, 4) is 23.0 Å². The molecule has 10 heteroatoms. The fourth-order valence-corrected chi connectivity index (χ4v) is 4.22. The van der Waals surface area contributed by atoms with Crippen molar-refractivity contribution in [3.63, 3.8) is 0 Å². The molecule has 0 saturated carbocycles. The molecule has 3 rings (SSSR count). The Morgan fingerprint density at radius 1 is 0.810 bits per heavy atom. The van der Waals surface area contributed by atoms with E-state index in [2.05, 4.69) is 0 Å². The van der Waals surface area contributed by atoms with E-state index in [1.165, 1.54) is 11.1 Å². The van der Waals surface area contributed by atoms with Gasteiger partial charge >= 0.3 is 6.09 Å². The molecule has 3 aromatic rings. The molecule has 0 radical (unpaired) electrons. The number of methoxy groups -OCH3 is 2. The Kier molecular flexibility index (Phi) is 11.5. The summed E-state index contributed by atoms with van der Waals surface area (Å²) >= 11 is 6.85. The third kappa shape index (κ3) is 8.77. The second-order valence-corrected chi connectivity index (χ2v) is 10.9. The van der Waals surface area contributed by atoms with E-state index in [9.17, 15) is 9.59 Å². The quantitative estimate of drug-likeness (QED) is 0.203. The highest BCUT2D eigenvalue weighted by Gasteiger charge is 2.33. The first-order chi connectivity index (χ1) is 20.0. The lowest BCUT2D eigenvalue weighted by Gasteiger charge is -2.32. The normalized spacial score (nSPS) is 11.2. The second-order valence-electron chi connectivity index (χ2n) is 10.5. The topological polar surface area (TPSA) is 86.8 Å². The first kappa shape index (κ1) is 32.6. The second kappa shape index (κ2) is 14.8. The smallest absolute Gasteiger partial charge is 0.432 e. The minimum atomic E-state index is -0.807. The molecule has 0 saturated heterocycles. The van der Waals surface area contributed by atoms with E-state index in [1.807, 2.05) is 55.5 Å². The molecule has 0 aliphatic rings. The Morgan fingerprint density at radius 2 is 1.33 bits per heavy atom. The van der Waals surface area contributed by atoms with Crippen LogP contribution >= 0.6 is 11.6 Å². The van der Waals surface area contributed by atoms with Crippen molar-refractivity contribution in [2.75, 3.05) is 27.8 Å². The molecule has 0 bridgehead atoms. The fraction of sp³-hybridized carbons (Fsp3) is 0.375. The van der Waals surface area contributed by atoms with Crippen LogP contribution in [0.2, 0.25) is 5.02 Å². The lowest BCUT2D eigenvalue weighted by Crippen LogP contribution is -2.50. The maximum atomic E-state index is 13.8. The van der Waals surface area contributed by atoms with Gasteiger partial charge in [0.1, 0.15) is 30.3 Å². The predicted molar refractivity (Wildman–Crippen MR) is 161 cm³/mol. The number of carbonyl (C=O) groups is 2. The first-order valence-corrected chi connectivity index (χ1v) is 14.0. The van der Waals surface area contributed by atoms with E-state index < -0.39 is 17.6 Å². The molecular weight excluding hydrogens is 560 g/mol. The molecule has 3 aromatic carbocycles. The molecule has 42 heavy (non-hydrogen) atoms. The van der Waals surface area contributed by atoms with Gasteiger partial charge in [-0.3, -0.25) is 4.79 Å². The Balaban J connectivity index is 1.97. The van der Waals surface area contributed by atoms with E-state index in [0.29, 0.717) is 24.5 Å². The van der Waals surface area contributed by atoms with E-state index in [0.717, 1.165) is 21.9 Å². The molecule has 0 aromatic heterocycles. The molecule has 0 spiro atoms. The Bertz CT molecular complexity index is 1340. The molecule has 9 nitrogen and oxygen atoms in total. The molecule has 0 atom stereocenters. The van der Waals surface area contributed by atoms with Gasteiger partial charge in [0.25, 0.3) is 5.91 Å². The van der Waals surface area contributed by atoms with Crippen molar-refractivity contribution >= 4 is 23.6 Å². The van der Waals surface area contributed by atoms with Crippen LogP contribution in [0.1, 0.15) is 55.6 Å². The Labute approximate surface area is 252 Å². The summed E-state index contributed by atoms with van der Waals surface area (Å²) in [5.41, 5.74) is 0.998. The number of hydrogen-bond donors (Lipinski definition) is 0. The minimum Gasteiger partial charge on any atom is -0.497 e. The molecule has 0 unspecified atom stereocenters. The number of imide groups is 1. The molecular formula is C32H39ClN2O7. The maximum absolute atomic E-state index is 13.8. The number of ether oxygens (including phenoxy) is 5. The van der Waals surface area contributed by atoms with Gasteiger partial charge in [-0.05, 0) is 74.7 Å². The van der Waals surface area contributed by atoms with Crippen molar-refractivity contribution in [2.45, 2.75) is 52.9 Å². The summed E-state index contributed by atoms with van der Waals surface area (Å²) < 4.78 is 28.3. The van der Waals surface area contributed by atoms with Crippen molar-refractivity contribution in [3.05, 3.63) is 82.4 Å². The summed E-state index contributed by atoms with van der Waals surface area (Å²) in [4.78, 5) is 27.0. The van der Waals surface area contributed by atoms with Gasteiger partial charge in [-0.1, -0.05) is 42.8 Å². The molecule has 226 valence electrons. The summed E-state index contributed by atoms with van der Waals surface area (Å²) in [6.07, 6.45) is -0.106. The number of hydrogen-bond acceptors (Lipinski definition) is 8. The van der Waals surface area contributed by atoms with Crippen LogP contribution in [0, 0.1) is 0 Å². The Hall–Kier alpha value is -3.95. The van der Waals surface area contributed by atoms with Gasteiger partial charge in [0.2, 0.25) is 0 Å². The number of hydrazine groups is 1. The number of rotatable bonds is 12. The van der Waals surface area contributed by atoms with Crippen LogP contribution in [0.15, 0.2) is 60.7 Å². The molecule has 0 aliphatic heterocycles. The summed E-state index contributed by atoms with van der Waals surface area (Å²) in [6, 6.07) is 18.0. The van der Waals surface area contributed by atoms with Gasteiger partial charge in [-0.15, -0.1) is 0 Å². The summed E-state index contributed by atoms with van der Waals surface area (Å²) in [5.74, 6) is 1.31. The first-order valence-electron chi connectivity index (χ1n) is 13.6. The fourth-order valence-electron chi connectivity index (χ4n) is 3.93. The van der Waals surface area contributed by atoms with Crippen LogP contribution in [0.3, 0.4) is 0 Å². The maximum Gasteiger partial charge on any atom is 0.432 e. The van der Waals surface area contributed by atoms with Crippen molar-refractivity contribution in [1.82, 2.24) is 10.0 Å². The van der Waals surface area contributed by atoms with Gasteiger partial charge in [0, 0.05) is 13.6 Å². The van der Waals surface area contributed by atoms with Gasteiger partial charge in [0.05, 0.1) is 24.8 Å². The van der Waals surface area contributed by atoms with E-state index >= 15 is 0 Å². The number of benzene rings is 3. The third-order valence-corrected chi connectivity index (χ3v) is 6.41. The molecule has 0 heterocycles. The number of nitrogens with zero attached hydrogens (tertiary/aromatic N) is 2. The zero-order valence-electron chi connectivity index (χ0n) is 25.2. The molecule has 0 aliphatic carbocycles. The average molecular weight is 599 g/mol. The molecule has 2 amide bonds. The van der Waals surface area contributed by atoms with Crippen LogP contribution in [-0.4, -0.2) is 55.4 Å².